The van der Waals surface area contributed by atoms with Crippen molar-refractivity contribution in [2.75, 3.05) is 26.2 Å². The molecule has 1 aromatic rings. The molecule has 1 fully saturated rings. The van der Waals surface area contributed by atoms with Crippen molar-refractivity contribution in [1.82, 2.24) is 10.2 Å². The van der Waals surface area contributed by atoms with E-state index in [1.165, 1.54) is 24.4 Å². The molecule has 2 nitrogen and oxygen atoms in total. The Kier molecular flexibility index (Phi) is 4.38. The molecule has 3 heteroatoms. The van der Waals surface area contributed by atoms with Gasteiger partial charge in [0.1, 0.15) is 0 Å². The summed E-state index contributed by atoms with van der Waals surface area (Å²) in [5.41, 5.74) is 0. The Bertz CT molecular complexity index is 289. The summed E-state index contributed by atoms with van der Waals surface area (Å²) >= 11 is 1.90. The number of hydrogen-bond acceptors (Lipinski definition) is 3. The monoisotopic (exact) mass is 238 g/mol. The Morgan fingerprint density at radius 3 is 2.69 bits per heavy atom. The molecule has 0 aromatic carbocycles. The lowest BCUT2D eigenvalue weighted by Gasteiger charge is -2.35. The Hall–Kier alpha value is -0.380. The molecular weight excluding hydrogens is 216 g/mol. The Morgan fingerprint density at radius 1 is 1.38 bits per heavy atom. The highest BCUT2D eigenvalue weighted by molar-refractivity contribution is 7.10. The van der Waals surface area contributed by atoms with Gasteiger partial charge in [-0.2, -0.15) is 0 Å². The zero-order chi connectivity index (χ0) is 11.4. The third kappa shape index (κ3) is 3.06. The van der Waals surface area contributed by atoms with Gasteiger partial charge in [0.15, 0.2) is 0 Å². The molecule has 0 amide bonds. The zero-order valence-corrected chi connectivity index (χ0v) is 11.1. The van der Waals surface area contributed by atoms with Crippen molar-refractivity contribution in [2.45, 2.75) is 26.3 Å². The van der Waals surface area contributed by atoms with Gasteiger partial charge in [0.25, 0.3) is 0 Å². The van der Waals surface area contributed by atoms with Crippen LogP contribution in [0.2, 0.25) is 0 Å². The molecule has 90 valence electrons. The fourth-order valence-electron chi connectivity index (χ4n) is 2.37. The van der Waals surface area contributed by atoms with Crippen molar-refractivity contribution >= 4 is 11.3 Å². The summed E-state index contributed by atoms with van der Waals surface area (Å²) in [5.74, 6) is 0.766. The molecule has 0 aliphatic carbocycles. The van der Waals surface area contributed by atoms with Gasteiger partial charge in [0.05, 0.1) is 0 Å². The van der Waals surface area contributed by atoms with E-state index >= 15 is 0 Å². The summed E-state index contributed by atoms with van der Waals surface area (Å²) in [5, 5.41) is 5.63. The van der Waals surface area contributed by atoms with Gasteiger partial charge in [-0.05, 0) is 23.8 Å². The lowest BCUT2D eigenvalue weighted by molar-refractivity contribution is 0.156. The molecule has 1 atom stereocenters. The van der Waals surface area contributed by atoms with E-state index < -0.39 is 0 Å². The molecule has 1 unspecified atom stereocenters. The first-order chi connectivity index (χ1) is 7.77. The highest BCUT2D eigenvalue weighted by atomic mass is 32.1. The maximum atomic E-state index is 3.43. The first-order valence-corrected chi connectivity index (χ1v) is 7.13. The molecule has 1 N–H and O–H groups in total. The van der Waals surface area contributed by atoms with Gasteiger partial charge in [-0.15, -0.1) is 11.3 Å². The van der Waals surface area contributed by atoms with Gasteiger partial charge in [-0.25, -0.2) is 0 Å². The number of nitrogens with zero attached hydrogens (tertiary/aromatic N) is 1. The number of rotatable bonds is 4. The van der Waals surface area contributed by atoms with Gasteiger partial charge < -0.3 is 5.32 Å². The molecule has 0 bridgehead atoms. The topological polar surface area (TPSA) is 15.3 Å². The van der Waals surface area contributed by atoms with Crippen LogP contribution in [0.4, 0.5) is 0 Å². The quantitative estimate of drug-likeness (QED) is 0.867. The van der Waals surface area contributed by atoms with Crippen molar-refractivity contribution in [1.29, 1.82) is 0 Å². The van der Waals surface area contributed by atoms with Crippen molar-refractivity contribution in [3.63, 3.8) is 0 Å². The third-order valence-electron chi connectivity index (χ3n) is 3.16. The summed E-state index contributed by atoms with van der Waals surface area (Å²) < 4.78 is 0. The molecular formula is C13H22N2S. The summed E-state index contributed by atoms with van der Waals surface area (Å²) in [6.45, 7) is 9.30. The number of nitrogens with one attached hydrogen (secondary N) is 1. The molecule has 0 saturated carbocycles. The van der Waals surface area contributed by atoms with Gasteiger partial charge >= 0.3 is 0 Å². The normalized spacial score (nSPS) is 20.2. The van der Waals surface area contributed by atoms with Gasteiger partial charge in [0, 0.05) is 37.1 Å². The first kappa shape index (κ1) is 12.1. The van der Waals surface area contributed by atoms with Crippen LogP contribution in [0.5, 0.6) is 0 Å². The Morgan fingerprint density at radius 2 is 2.12 bits per heavy atom. The predicted molar refractivity (Wildman–Crippen MR) is 71.0 cm³/mol. The van der Waals surface area contributed by atoms with Crippen LogP contribution >= 0.6 is 11.3 Å². The molecule has 2 rings (SSSR count). The van der Waals surface area contributed by atoms with Crippen molar-refractivity contribution in [3.05, 3.63) is 22.4 Å². The average molecular weight is 238 g/mol. The molecule has 1 saturated heterocycles. The Balaban J connectivity index is 2.07. The summed E-state index contributed by atoms with van der Waals surface area (Å²) in [6, 6.07) is 5.11. The summed E-state index contributed by atoms with van der Waals surface area (Å²) in [7, 11) is 0. The lowest BCUT2D eigenvalue weighted by Crippen LogP contribution is -2.45. The summed E-state index contributed by atoms with van der Waals surface area (Å²) in [6.07, 6.45) is 1.28. The van der Waals surface area contributed by atoms with Crippen LogP contribution in [0.1, 0.15) is 31.2 Å². The standard InChI is InChI=1S/C13H22N2S/c1-11(2)10-12(13-4-3-9-16-13)15-7-5-14-6-8-15/h3-4,9,11-12,14H,5-8,10H2,1-2H3. The van der Waals surface area contributed by atoms with E-state index in [1.807, 2.05) is 11.3 Å². The van der Waals surface area contributed by atoms with Gasteiger partial charge in [0.2, 0.25) is 0 Å². The van der Waals surface area contributed by atoms with Crippen LogP contribution in [0.25, 0.3) is 0 Å². The second kappa shape index (κ2) is 5.80. The number of hydrogen-bond donors (Lipinski definition) is 1. The molecule has 0 radical (unpaired) electrons. The van der Waals surface area contributed by atoms with Crippen molar-refractivity contribution in [3.8, 4) is 0 Å². The lowest BCUT2D eigenvalue weighted by atomic mass is 10.0. The smallest absolute Gasteiger partial charge is 0.0445 e. The number of thiophene rings is 1. The van der Waals surface area contributed by atoms with Crippen LogP contribution in [-0.2, 0) is 0 Å². The van der Waals surface area contributed by atoms with Crippen LogP contribution in [0, 0.1) is 5.92 Å². The minimum atomic E-state index is 0.641. The number of piperazine rings is 1. The van der Waals surface area contributed by atoms with Gasteiger partial charge in [-0.1, -0.05) is 19.9 Å². The van der Waals surface area contributed by atoms with Crippen LogP contribution in [-0.4, -0.2) is 31.1 Å². The minimum Gasteiger partial charge on any atom is -0.314 e. The molecule has 1 aromatic heterocycles. The third-order valence-corrected chi connectivity index (χ3v) is 4.13. The average Bonchev–Trinajstić information content (AvgIpc) is 2.80. The molecule has 1 aliphatic rings. The fourth-order valence-corrected chi connectivity index (χ4v) is 3.24. The van der Waals surface area contributed by atoms with E-state index in [9.17, 15) is 0 Å². The minimum absolute atomic E-state index is 0.641. The largest absolute Gasteiger partial charge is 0.314 e. The van der Waals surface area contributed by atoms with E-state index in [0.29, 0.717) is 6.04 Å². The Labute approximate surface area is 103 Å². The van der Waals surface area contributed by atoms with E-state index in [4.69, 9.17) is 0 Å². The van der Waals surface area contributed by atoms with Crippen molar-refractivity contribution < 1.29 is 0 Å². The van der Waals surface area contributed by atoms with E-state index in [1.54, 1.807) is 0 Å². The van der Waals surface area contributed by atoms with Crippen LogP contribution < -0.4 is 5.32 Å². The maximum Gasteiger partial charge on any atom is 0.0445 e. The SMILES string of the molecule is CC(C)CC(c1cccs1)N1CCNCC1. The first-order valence-electron chi connectivity index (χ1n) is 6.25. The van der Waals surface area contributed by atoms with E-state index in [0.717, 1.165) is 19.0 Å². The maximum absolute atomic E-state index is 3.43. The molecule has 2 heterocycles. The van der Waals surface area contributed by atoms with Gasteiger partial charge in [-0.3, -0.25) is 4.90 Å². The predicted octanol–water partition coefficient (Wildman–Crippen LogP) is 2.74. The van der Waals surface area contributed by atoms with Crippen LogP contribution in [0.3, 0.4) is 0 Å². The van der Waals surface area contributed by atoms with E-state index in [2.05, 4.69) is 41.6 Å². The highest BCUT2D eigenvalue weighted by Crippen LogP contribution is 2.30. The summed E-state index contributed by atoms with van der Waals surface area (Å²) in [4.78, 5) is 4.18. The zero-order valence-electron chi connectivity index (χ0n) is 10.3. The highest BCUT2D eigenvalue weighted by Gasteiger charge is 2.23. The molecule has 16 heavy (non-hydrogen) atoms. The molecule has 0 spiro atoms. The second-order valence-electron chi connectivity index (χ2n) is 4.95. The molecule has 1 aliphatic heterocycles. The van der Waals surface area contributed by atoms with E-state index in [-0.39, 0.29) is 0 Å². The van der Waals surface area contributed by atoms with Crippen molar-refractivity contribution in [2.24, 2.45) is 5.92 Å². The van der Waals surface area contributed by atoms with Crippen LogP contribution in [0.15, 0.2) is 17.5 Å². The fraction of sp³-hybridized carbons (Fsp3) is 0.692. The second-order valence-corrected chi connectivity index (χ2v) is 5.93.